The minimum Gasteiger partial charge on any atom is -0.497 e. The van der Waals surface area contributed by atoms with E-state index in [-0.39, 0.29) is 0 Å². The van der Waals surface area contributed by atoms with Gasteiger partial charge in [0, 0.05) is 6.54 Å². The first-order valence-corrected chi connectivity index (χ1v) is 8.67. The van der Waals surface area contributed by atoms with Gasteiger partial charge in [0.2, 0.25) is 0 Å². The number of hydrogen-bond acceptors (Lipinski definition) is 4. The molecule has 1 heterocycles. The van der Waals surface area contributed by atoms with E-state index in [0.717, 1.165) is 33.9 Å². The summed E-state index contributed by atoms with van der Waals surface area (Å²) in [6, 6.07) is 7.54. The van der Waals surface area contributed by atoms with Gasteiger partial charge in [-0.25, -0.2) is 4.68 Å². The van der Waals surface area contributed by atoms with Crippen molar-refractivity contribution in [3.05, 3.63) is 33.7 Å². The van der Waals surface area contributed by atoms with Crippen molar-refractivity contribution in [2.75, 3.05) is 7.11 Å². The predicted molar refractivity (Wildman–Crippen MR) is 94.2 cm³/mol. The second-order valence-corrected chi connectivity index (χ2v) is 6.10. The molecule has 6 heteroatoms. The highest BCUT2D eigenvalue weighted by molar-refractivity contribution is 14.1. The number of rotatable bonds is 9. The molecule has 2 rings (SSSR count). The summed E-state index contributed by atoms with van der Waals surface area (Å²) in [6.07, 6.45) is 4.91. The van der Waals surface area contributed by atoms with Crippen LogP contribution in [0.2, 0.25) is 0 Å². The molecule has 120 valence electrons. The van der Waals surface area contributed by atoms with Crippen LogP contribution in [0, 0.1) is 3.70 Å². The minimum atomic E-state index is 0.430. The van der Waals surface area contributed by atoms with Crippen molar-refractivity contribution >= 4 is 22.6 Å². The lowest BCUT2D eigenvalue weighted by Gasteiger charge is -2.06. The zero-order valence-corrected chi connectivity index (χ0v) is 15.2. The molecule has 0 saturated heterocycles. The standard InChI is InChI=1S/C16H22IN3O2/c1-3-4-5-6-11-20-16(17)15(18-19-20)12-22-14-9-7-13(21-2)8-10-14/h7-10H,3-6,11-12H2,1-2H3. The Bertz CT molecular complexity index is 569. The topological polar surface area (TPSA) is 49.2 Å². The molecule has 0 radical (unpaired) electrons. The molecule has 1 aromatic heterocycles. The zero-order valence-electron chi connectivity index (χ0n) is 13.1. The molecule has 2 aromatic rings. The van der Waals surface area contributed by atoms with Crippen LogP contribution in [0.3, 0.4) is 0 Å². The molecule has 0 aliphatic rings. The van der Waals surface area contributed by atoms with Gasteiger partial charge in [-0.2, -0.15) is 0 Å². The smallest absolute Gasteiger partial charge is 0.135 e. The number of aromatic nitrogens is 3. The van der Waals surface area contributed by atoms with Gasteiger partial charge in [-0.1, -0.05) is 31.4 Å². The number of methoxy groups -OCH3 is 1. The molecular weight excluding hydrogens is 393 g/mol. The van der Waals surface area contributed by atoms with Gasteiger partial charge >= 0.3 is 0 Å². The third-order valence-corrected chi connectivity index (χ3v) is 4.58. The normalized spacial score (nSPS) is 10.7. The van der Waals surface area contributed by atoms with E-state index in [2.05, 4.69) is 39.8 Å². The molecular formula is C16H22IN3O2. The molecule has 0 aliphatic carbocycles. The number of unbranched alkanes of at least 4 members (excludes halogenated alkanes) is 3. The summed E-state index contributed by atoms with van der Waals surface area (Å²) in [7, 11) is 1.65. The lowest BCUT2D eigenvalue weighted by Crippen LogP contribution is -2.04. The quantitative estimate of drug-likeness (QED) is 0.458. The Balaban J connectivity index is 1.86. The average molecular weight is 415 g/mol. The molecule has 0 aliphatic heterocycles. The van der Waals surface area contributed by atoms with Crippen LogP contribution in [0.1, 0.15) is 38.3 Å². The van der Waals surface area contributed by atoms with E-state index >= 15 is 0 Å². The van der Waals surface area contributed by atoms with E-state index in [1.54, 1.807) is 7.11 Å². The van der Waals surface area contributed by atoms with Gasteiger partial charge in [0.05, 0.1) is 7.11 Å². The van der Waals surface area contributed by atoms with Crippen molar-refractivity contribution in [1.82, 2.24) is 15.0 Å². The van der Waals surface area contributed by atoms with Gasteiger partial charge in [0.25, 0.3) is 0 Å². The SMILES string of the molecule is CCCCCCn1nnc(COc2ccc(OC)cc2)c1I. The third kappa shape index (κ3) is 4.86. The van der Waals surface area contributed by atoms with Crippen molar-refractivity contribution in [2.24, 2.45) is 0 Å². The molecule has 0 unspecified atom stereocenters. The van der Waals surface area contributed by atoms with E-state index < -0.39 is 0 Å². The first kappa shape index (κ1) is 17.1. The van der Waals surface area contributed by atoms with Crippen molar-refractivity contribution in [3.8, 4) is 11.5 Å². The van der Waals surface area contributed by atoms with Gasteiger partial charge in [-0.3, -0.25) is 0 Å². The summed E-state index contributed by atoms with van der Waals surface area (Å²) in [5.74, 6) is 1.62. The van der Waals surface area contributed by atoms with Crippen LogP contribution in [-0.2, 0) is 13.2 Å². The highest BCUT2D eigenvalue weighted by Crippen LogP contribution is 2.19. The Morgan fingerprint density at radius 1 is 1.09 bits per heavy atom. The Kier molecular flexibility index (Phi) is 6.95. The number of ether oxygens (including phenoxy) is 2. The Hall–Kier alpha value is -1.31. The number of hydrogen-bond donors (Lipinski definition) is 0. The molecule has 0 saturated carbocycles. The molecule has 0 bridgehead atoms. The summed E-state index contributed by atoms with van der Waals surface area (Å²) in [5, 5.41) is 8.43. The van der Waals surface area contributed by atoms with Crippen LogP contribution in [-0.4, -0.2) is 22.1 Å². The summed E-state index contributed by atoms with van der Waals surface area (Å²) >= 11 is 2.29. The molecule has 22 heavy (non-hydrogen) atoms. The first-order valence-electron chi connectivity index (χ1n) is 7.59. The molecule has 0 atom stereocenters. The molecule has 0 amide bonds. The largest absolute Gasteiger partial charge is 0.497 e. The zero-order chi connectivity index (χ0) is 15.8. The lowest BCUT2D eigenvalue weighted by molar-refractivity contribution is 0.299. The maximum absolute atomic E-state index is 5.75. The van der Waals surface area contributed by atoms with E-state index in [0.29, 0.717) is 6.61 Å². The van der Waals surface area contributed by atoms with E-state index in [1.165, 1.54) is 19.3 Å². The van der Waals surface area contributed by atoms with E-state index in [9.17, 15) is 0 Å². The van der Waals surface area contributed by atoms with Crippen molar-refractivity contribution in [3.63, 3.8) is 0 Å². The molecule has 5 nitrogen and oxygen atoms in total. The Morgan fingerprint density at radius 3 is 2.50 bits per heavy atom. The van der Waals surface area contributed by atoms with Crippen molar-refractivity contribution in [1.29, 1.82) is 0 Å². The second kappa shape index (κ2) is 8.97. The summed E-state index contributed by atoms with van der Waals surface area (Å²) in [5.41, 5.74) is 0.881. The Labute approximate surface area is 145 Å². The predicted octanol–water partition coefficient (Wildman–Crippen LogP) is 4.05. The van der Waals surface area contributed by atoms with Crippen LogP contribution >= 0.6 is 22.6 Å². The molecule has 0 fully saturated rings. The second-order valence-electron chi connectivity index (χ2n) is 5.07. The highest BCUT2D eigenvalue weighted by atomic mass is 127. The summed E-state index contributed by atoms with van der Waals surface area (Å²) in [4.78, 5) is 0. The van der Waals surface area contributed by atoms with Gasteiger partial charge in [0.1, 0.15) is 27.5 Å². The number of nitrogens with zero attached hydrogens (tertiary/aromatic N) is 3. The maximum Gasteiger partial charge on any atom is 0.135 e. The van der Waals surface area contributed by atoms with Crippen molar-refractivity contribution < 1.29 is 9.47 Å². The van der Waals surface area contributed by atoms with Gasteiger partial charge in [0.15, 0.2) is 0 Å². The van der Waals surface area contributed by atoms with Crippen LogP contribution in [0.4, 0.5) is 0 Å². The van der Waals surface area contributed by atoms with Gasteiger partial charge in [-0.15, -0.1) is 5.10 Å². The van der Waals surface area contributed by atoms with Crippen molar-refractivity contribution in [2.45, 2.75) is 45.8 Å². The fourth-order valence-corrected chi connectivity index (χ4v) is 2.68. The van der Waals surface area contributed by atoms with E-state index in [4.69, 9.17) is 9.47 Å². The van der Waals surface area contributed by atoms with Gasteiger partial charge in [-0.05, 0) is 53.3 Å². The van der Waals surface area contributed by atoms with Crippen LogP contribution in [0.25, 0.3) is 0 Å². The van der Waals surface area contributed by atoms with Gasteiger partial charge < -0.3 is 9.47 Å². The molecule has 1 aromatic carbocycles. The summed E-state index contributed by atoms with van der Waals surface area (Å²) in [6.45, 7) is 3.57. The van der Waals surface area contributed by atoms with E-state index in [1.807, 2.05) is 28.9 Å². The number of aryl methyl sites for hydroxylation is 1. The average Bonchev–Trinajstić information content (AvgIpc) is 2.90. The third-order valence-electron chi connectivity index (χ3n) is 3.40. The summed E-state index contributed by atoms with van der Waals surface area (Å²) < 4.78 is 13.9. The highest BCUT2D eigenvalue weighted by Gasteiger charge is 2.10. The van der Waals surface area contributed by atoms with Crippen LogP contribution in [0.5, 0.6) is 11.5 Å². The monoisotopic (exact) mass is 415 g/mol. The fourth-order valence-electron chi connectivity index (χ4n) is 2.08. The molecule has 0 N–H and O–H groups in total. The first-order chi connectivity index (χ1) is 10.7. The molecule has 0 spiro atoms. The lowest BCUT2D eigenvalue weighted by atomic mass is 10.2. The fraction of sp³-hybridized carbons (Fsp3) is 0.500. The van der Waals surface area contributed by atoms with Crippen LogP contribution in [0.15, 0.2) is 24.3 Å². The van der Waals surface area contributed by atoms with Crippen LogP contribution < -0.4 is 9.47 Å². The number of halogens is 1. The number of benzene rings is 1. The maximum atomic E-state index is 5.75. The Morgan fingerprint density at radius 2 is 1.82 bits per heavy atom. The minimum absolute atomic E-state index is 0.430.